The van der Waals surface area contributed by atoms with Crippen LogP contribution in [0.25, 0.3) is 0 Å². The molecule has 0 bridgehead atoms. The fraction of sp³-hybridized carbons (Fsp3) is 0.250. The Morgan fingerprint density at radius 2 is 1.90 bits per heavy atom. The number of amides is 1. The van der Waals surface area contributed by atoms with Gasteiger partial charge in [-0.25, -0.2) is 0 Å². The molecule has 0 atom stereocenters. The smallest absolute Gasteiger partial charge is 0.241 e. The summed E-state index contributed by atoms with van der Waals surface area (Å²) in [6.07, 6.45) is 0. The van der Waals surface area contributed by atoms with Crippen LogP contribution in [0.3, 0.4) is 0 Å². The number of nitrogens with zero attached hydrogens (tertiary/aromatic N) is 2. The lowest BCUT2D eigenvalue weighted by atomic mass is 10.3. The zero-order chi connectivity index (χ0) is 14.4. The van der Waals surface area contributed by atoms with E-state index in [1.807, 2.05) is 55.5 Å². The van der Waals surface area contributed by atoms with E-state index < -0.39 is 0 Å². The summed E-state index contributed by atoms with van der Waals surface area (Å²) in [6, 6.07) is 15.5. The number of rotatable bonds is 5. The van der Waals surface area contributed by atoms with Gasteiger partial charge in [-0.1, -0.05) is 24.3 Å². The Labute approximate surface area is 119 Å². The number of carbonyl (C=O) groups is 1. The van der Waals surface area contributed by atoms with Gasteiger partial charge in [0, 0.05) is 18.4 Å². The largest absolute Gasteiger partial charge is 0.376 e. The minimum absolute atomic E-state index is 0.0390. The summed E-state index contributed by atoms with van der Waals surface area (Å²) in [5, 5.41) is 3.11. The Morgan fingerprint density at radius 1 is 1.15 bits per heavy atom. The number of likely N-dealkylation sites (N-methyl/N-ethyl adjacent to an activating group) is 1. The zero-order valence-electron chi connectivity index (χ0n) is 11.8. The highest BCUT2D eigenvalue weighted by Gasteiger charge is 2.09. The van der Waals surface area contributed by atoms with Crippen LogP contribution in [-0.4, -0.2) is 29.4 Å². The van der Waals surface area contributed by atoms with Gasteiger partial charge in [-0.15, -0.1) is 0 Å². The predicted molar refractivity (Wildman–Crippen MR) is 80.4 cm³/mol. The SMILES string of the molecule is Cc1cccc(CN(C)C(=O)CNc2ccccc2)n1. The maximum atomic E-state index is 12.0. The van der Waals surface area contributed by atoms with Gasteiger partial charge >= 0.3 is 0 Å². The molecule has 1 amide bonds. The molecule has 4 nitrogen and oxygen atoms in total. The van der Waals surface area contributed by atoms with Crippen molar-refractivity contribution >= 4 is 11.6 Å². The molecule has 1 N–H and O–H groups in total. The first-order chi connectivity index (χ1) is 9.65. The molecule has 0 saturated carbocycles. The van der Waals surface area contributed by atoms with Crippen LogP contribution in [0.1, 0.15) is 11.4 Å². The lowest BCUT2D eigenvalue weighted by Gasteiger charge is -2.17. The van der Waals surface area contributed by atoms with Crippen molar-refractivity contribution in [2.45, 2.75) is 13.5 Å². The summed E-state index contributed by atoms with van der Waals surface area (Å²) in [4.78, 5) is 18.1. The first kappa shape index (κ1) is 14.1. The fourth-order valence-corrected chi connectivity index (χ4v) is 1.89. The monoisotopic (exact) mass is 269 g/mol. The van der Waals surface area contributed by atoms with Crippen molar-refractivity contribution < 1.29 is 4.79 Å². The molecular weight excluding hydrogens is 250 g/mol. The maximum Gasteiger partial charge on any atom is 0.241 e. The Hall–Kier alpha value is -2.36. The number of aromatic nitrogens is 1. The topological polar surface area (TPSA) is 45.2 Å². The molecule has 0 unspecified atom stereocenters. The second kappa shape index (κ2) is 6.70. The summed E-state index contributed by atoms with van der Waals surface area (Å²) in [5.41, 5.74) is 2.81. The number of benzene rings is 1. The Morgan fingerprint density at radius 3 is 2.60 bits per heavy atom. The van der Waals surface area contributed by atoms with E-state index in [-0.39, 0.29) is 12.5 Å². The van der Waals surface area contributed by atoms with Gasteiger partial charge in [0.15, 0.2) is 0 Å². The lowest BCUT2D eigenvalue weighted by molar-refractivity contribution is -0.128. The number of anilines is 1. The minimum Gasteiger partial charge on any atom is -0.376 e. The lowest BCUT2D eigenvalue weighted by Crippen LogP contribution is -2.32. The third-order valence-corrected chi connectivity index (χ3v) is 2.99. The normalized spacial score (nSPS) is 10.1. The maximum absolute atomic E-state index is 12.0. The third-order valence-electron chi connectivity index (χ3n) is 2.99. The van der Waals surface area contributed by atoms with E-state index in [2.05, 4.69) is 10.3 Å². The highest BCUT2D eigenvalue weighted by molar-refractivity contribution is 5.80. The molecule has 0 saturated heterocycles. The Bertz CT molecular complexity index is 569. The second-order valence-electron chi connectivity index (χ2n) is 4.74. The van der Waals surface area contributed by atoms with E-state index in [4.69, 9.17) is 0 Å². The predicted octanol–water partition coefficient (Wildman–Crippen LogP) is 2.46. The number of para-hydroxylation sites is 1. The van der Waals surface area contributed by atoms with E-state index in [1.165, 1.54) is 0 Å². The second-order valence-corrected chi connectivity index (χ2v) is 4.74. The van der Waals surface area contributed by atoms with Crippen molar-refractivity contribution in [1.29, 1.82) is 0 Å². The Balaban J connectivity index is 1.86. The minimum atomic E-state index is 0.0390. The molecule has 20 heavy (non-hydrogen) atoms. The van der Waals surface area contributed by atoms with Crippen molar-refractivity contribution in [1.82, 2.24) is 9.88 Å². The van der Waals surface area contributed by atoms with Gasteiger partial charge in [0.25, 0.3) is 0 Å². The number of hydrogen-bond donors (Lipinski definition) is 1. The molecule has 0 aliphatic heterocycles. The van der Waals surface area contributed by atoms with Gasteiger partial charge in [0.05, 0.1) is 18.8 Å². The van der Waals surface area contributed by atoms with Crippen LogP contribution in [0.2, 0.25) is 0 Å². The van der Waals surface area contributed by atoms with Crippen LogP contribution in [0.5, 0.6) is 0 Å². The summed E-state index contributed by atoms with van der Waals surface area (Å²) in [5.74, 6) is 0.0390. The molecule has 0 spiro atoms. The van der Waals surface area contributed by atoms with Gasteiger partial charge in [0.2, 0.25) is 5.91 Å². The molecule has 2 rings (SSSR count). The number of carbonyl (C=O) groups excluding carboxylic acids is 1. The van der Waals surface area contributed by atoms with Crippen molar-refractivity contribution in [2.24, 2.45) is 0 Å². The van der Waals surface area contributed by atoms with Gasteiger partial charge < -0.3 is 10.2 Å². The summed E-state index contributed by atoms with van der Waals surface area (Å²) in [7, 11) is 1.79. The molecule has 1 aromatic carbocycles. The quantitative estimate of drug-likeness (QED) is 0.907. The van der Waals surface area contributed by atoms with Crippen molar-refractivity contribution in [2.75, 3.05) is 18.9 Å². The molecule has 4 heteroatoms. The van der Waals surface area contributed by atoms with Gasteiger partial charge in [-0.3, -0.25) is 9.78 Å². The van der Waals surface area contributed by atoms with Crippen molar-refractivity contribution in [3.63, 3.8) is 0 Å². The average Bonchev–Trinajstić information content (AvgIpc) is 2.46. The van der Waals surface area contributed by atoms with Gasteiger partial charge in [0.1, 0.15) is 0 Å². The number of pyridine rings is 1. The first-order valence-electron chi connectivity index (χ1n) is 6.60. The first-order valence-corrected chi connectivity index (χ1v) is 6.60. The summed E-state index contributed by atoms with van der Waals surface area (Å²) in [6.45, 7) is 2.76. The van der Waals surface area contributed by atoms with Crippen molar-refractivity contribution in [3.8, 4) is 0 Å². The fourth-order valence-electron chi connectivity index (χ4n) is 1.89. The number of aryl methyl sites for hydroxylation is 1. The van der Waals surface area contributed by atoms with Gasteiger partial charge in [-0.2, -0.15) is 0 Å². The van der Waals surface area contributed by atoms with E-state index >= 15 is 0 Å². The number of hydrogen-bond acceptors (Lipinski definition) is 3. The molecule has 0 aliphatic rings. The van der Waals surface area contributed by atoms with Crippen LogP contribution < -0.4 is 5.32 Å². The standard InChI is InChI=1S/C16H19N3O/c1-13-7-6-10-15(18-13)12-19(2)16(20)11-17-14-8-4-3-5-9-14/h3-10,17H,11-12H2,1-2H3. The van der Waals surface area contributed by atoms with E-state index in [9.17, 15) is 4.79 Å². The average molecular weight is 269 g/mol. The molecule has 1 aromatic heterocycles. The summed E-state index contributed by atoms with van der Waals surface area (Å²) >= 11 is 0. The molecule has 0 radical (unpaired) electrons. The molecular formula is C16H19N3O. The van der Waals surface area contributed by atoms with E-state index in [1.54, 1.807) is 11.9 Å². The highest BCUT2D eigenvalue weighted by Crippen LogP contribution is 2.05. The summed E-state index contributed by atoms with van der Waals surface area (Å²) < 4.78 is 0. The van der Waals surface area contributed by atoms with E-state index in [0.717, 1.165) is 17.1 Å². The highest BCUT2D eigenvalue weighted by atomic mass is 16.2. The molecule has 104 valence electrons. The molecule has 0 aliphatic carbocycles. The van der Waals surface area contributed by atoms with Gasteiger partial charge in [-0.05, 0) is 31.2 Å². The van der Waals surface area contributed by atoms with Crippen LogP contribution >= 0.6 is 0 Å². The molecule has 1 heterocycles. The van der Waals surface area contributed by atoms with Crippen LogP contribution in [0.15, 0.2) is 48.5 Å². The number of nitrogens with one attached hydrogen (secondary N) is 1. The Kier molecular flexibility index (Phi) is 4.71. The zero-order valence-corrected chi connectivity index (χ0v) is 11.8. The van der Waals surface area contributed by atoms with Crippen LogP contribution in [-0.2, 0) is 11.3 Å². The molecule has 2 aromatic rings. The van der Waals surface area contributed by atoms with Crippen molar-refractivity contribution in [3.05, 3.63) is 59.9 Å². The van der Waals surface area contributed by atoms with Crippen LogP contribution in [0, 0.1) is 6.92 Å². The van der Waals surface area contributed by atoms with Crippen LogP contribution in [0.4, 0.5) is 5.69 Å². The molecule has 0 fully saturated rings. The van der Waals surface area contributed by atoms with E-state index in [0.29, 0.717) is 6.54 Å². The third kappa shape index (κ3) is 4.09.